The average molecular weight is 332 g/mol. The molecule has 0 saturated carbocycles. The van der Waals surface area contributed by atoms with Gasteiger partial charge in [-0.15, -0.1) is 10.2 Å². The normalized spacial score (nSPS) is 18.0. The van der Waals surface area contributed by atoms with Gasteiger partial charge in [-0.1, -0.05) is 11.3 Å². The van der Waals surface area contributed by atoms with Gasteiger partial charge in [0.15, 0.2) is 0 Å². The molecule has 0 spiro atoms. The largest absolute Gasteiger partial charge is 0.340 e. The van der Waals surface area contributed by atoms with Gasteiger partial charge in [-0.2, -0.15) is 0 Å². The molecule has 3 heterocycles. The molecule has 1 atom stereocenters. The van der Waals surface area contributed by atoms with E-state index in [1.165, 1.54) is 11.3 Å². The zero-order valence-corrected chi connectivity index (χ0v) is 14.4. The van der Waals surface area contributed by atoms with Gasteiger partial charge >= 0.3 is 0 Å². The lowest BCUT2D eigenvalue weighted by atomic mass is 9.97. The van der Waals surface area contributed by atoms with E-state index in [1.807, 2.05) is 26.8 Å². The molecule has 1 saturated heterocycles. The summed E-state index contributed by atoms with van der Waals surface area (Å²) in [7, 11) is 0. The maximum Gasteiger partial charge on any atom is 0.231 e. The fourth-order valence-electron chi connectivity index (χ4n) is 2.78. The van der Waals surface area contributed by atoms with E-state index in [0.29, 0.717) is 17.6 Å². The van der Waals surface area contributed by atoms with Crippen molar-refractivity contribution in [3.63, 3.8) is 0 Å². The Morgan fingerprint density at radius 3 is 2.65 bits per heavy atom. The lowest BCUT2D eigenvalue weighted by Crippen LogP contribution is -2.41. The summed E-state index contributed by atoms with van der Waals surface area (Å²) in [6.45, 7) is 7.30. The lowest BCUT2D eigenvalue weighted by molar-refractivity contribution is -0.120. The molecule has 1 aliphatic rings. The number of aromatic nitrogens is 4. The predicted octanol–water partition coefficient (Wildman–Crippen LogP) is 2.11. The number of nitrogens with zero attached hydrogens (tertiary/aromatic N) is 5. The Balaban J connectivity index is 1.69. The molecule has 23 heavy (non-hydrogen) atoms. The molecular formula is C15H20N6OS. The van der Waals surface area contributed by atoms with Crippen molar-refractivity contribution in [1.29, 1.82) is 0 Å². The highest BCUT2D eigenvalue weighted by Gasteiger charge is 2.28. The molecule has 0 unspecified atom stereocenters. The Labute approximate surface area is 139 Å². The van der Waals surface area contributed by atoms with Gasteiger partial charge in [0.2, 0.25) is 17.0 Å². The molecule has 8 heteroatoms. The van der Waals surface area contributed by atoms with Gasteiger partial charge in [-0.05, 0) is 39.7 Å². The quantitative estimate of drug-likeness (QED) is 0.927. The first-order valence-electron chi connectivity index (χ1n) is 7.69. The molecule has 2 aromatic heterocycles. The monoisotopic (exact) mass is 332 g/mol. The minimum Gasteiger partial charge on any atom is -0.340 e. The molecule has 1 amide bonds. The van der Waals surface area contributed by atoms with Crippen LogP contribution in [0, 0.1) is 26.7 Å². The number of nitrogens with one attached hydrogen (secondary N) is 1. The van der Waals surface area contributed by atoms with Crippen LogP contribution in [0.4, 0.5) is 11.1 Å². The van der Waals surface area contributed by atoms with Crippen LogP contribution < -0.4 is 10.2 Å². The van der Waals surface area contributed by atoms with Gasteiger partial charge in [0.05, 0.1) is 5.92 Å². The van der Waals surface area contributed by atoms with Gasteiger partial charge in [0.25, 0.3) is 0 Å². The van der Waals surface area contributed by atoms with Crippen LogP contribution in [-0.4, -0.2) is 39.2 Å². The summed E-state index contributed by atoms with van der Waals surface area (Å²) in [6, 6.07) is 1.95. The van der Waals surface area contributed by atoms with Crippen LogP contribution >= 0.6 is 11.3 Å². The van der Waals surface area contributed by atoms with Crippen LogP contribution in [0.2, 0.25) is 0 Å². The molecule has 0 radical (unpaired) electrons. The number of carbonyl (C=O) groups is 1. The van der Waals surface area contributed by atoms with Crippen LogP contribution in [0.1, 0.15) is 29.2 Å². The third kappa shape index (κ3) is 3.82. The third-order valence-electron chi connectivity index (χ3n) is 3.80. The first-order valence-corrected chi connectivity index (χ1v) is 8.51. The van der Waals surface area contributed by atoms with Crippen molar-refractivity contribution in [3.05, 3.63) is 22.5 Å². The maximum absolute atomic E-state index is 12.4. The highest BCUT2D eigenvalue weighted by atomic mass is 32.1. The van der Waals surface area contributed by atoms with Crippen molar-refractivity contribution in [2.45, 2.75) is 33.6 Å². The Kier molecular flexibility index (Phi) is 4.51. The Bertz CT molecular complexity index is 695. The molecule has 1 aliphatic heterocycles. The summed E-state index contributed by atoms with van der Waals surface area (Å²) < 4.78 is 0. The molecule has 1 N–H and O–H groups in total. The van der Waals surface area contributed by atoms with Crippen LogP contribution in [0.25, 0.3) is 0 Å². The second-order valence-corrected chi connectivity index (χ2v) is 7.03. The molecule has 0 aromatic carbocycles. The van der Waals surface area contributed by atoms with E-state index in [2.05, 4.69) is 30.4 Å². The van der Waals surface area contributed by atoms with E-state index < -0.39 is 0 Å². The van der Waals surface area contributed by atoms with Crippen LogP contribution in [0.5, 0.6) is 0 Å². The number of anilines is 2. The number of aryl methyl sites for hydroxylation is 3. The standard InChI is InChI=1S/C15H20N6OS/c1-9-7-10(2)17-14(16-9)21-6-4-5-12(8-21)13(22)18-15-20-19-11(3)23-15/h7,12H,4-6,8H2,1-3H3,(H,18,20,22)/t12-/m0/s1. The highest BCUT2D eigenvalue weighted by molar-refractivity contribution is 7.15. The second-order valence-electron chi connectivity index (χ2n) is 5.85. The van der Waals surface area contributed by atoms with Crippen LogP contribution in [0.15, 0.2) is 6.07 Å². The van der Waals surface area contributed by atoms with Gasteiger partial charge in [0.1, 0.15) is 5.01 Å². The third-order valence-corrected chi connectivity index (χ3v) is 4.56. The van der Waals surface area contributed by atoms with Gasteiger partial charge in [-0.25, -0.2) is 9.97 Å². The number of hydrogen-bond donors (Lipinski definition) is 1. The number of rotatable bonds is 3. The smallest absolute Gasteiger partial charge is 0.231 e. The number of piperidine rings is 1. The zero-order valence-electron chi connectivity index (χ0n) is 13.5. The SMILES string of the molecule is Cc1cc(C)nc(N2CCC[C@H](C(=O)Nc3nnc(C)s3)C2)n1. The van der Waals surface area contributed by atoms with Gasteiger partial charge in [0, 0.05) is 24.5 Å². The number of amides is 1. The average Bonchev–Trinajstić information content (AvgIpc) is 2.91. The van der Waals surface area contributed by atoms with Crippen molar-refractivity contribution in [2.75, 3.05) is 23.3 Å². The van der Waals surface area contributed by atoms with E-state index in [-0.39, 0.29) is 11.8 Å². The topological polar surface area (TPSA) is 83.9 Å². The minimum atomic E-state index is -0.0858. The summed E-state index contributed by atoms with van der Waals surface area (Å²) in [5.41, 5.74) is 1.90. The van der Waals surface area contributed by atoms with Crippen molar-refractivity contribution in [1.82, 2.24) is 20.2 Å². The summed E-state index contributed by atoms with van der Waals surface area (Å²) in [5, 5.41) is 12.1. The van der Waals surface area contributed by atoms with Crippen molar-refractivity contribution in [3.8, 4) is 0 Å². The van der Waals surface area contributed by atoms with Gasteiger partial charge in [-0.3, -0.25) is 4.79 Å². The minimum absolute atomic E-state index is 0.00442. The first-order chi connectivity index (χ1) is 11.0. The first kappa shape index (κ1) is 15.8. The van der Waals surface area contributed by atoms with E-state index in [4.69, 9.17) is 0 Å². The maximum atomic E-state index is 12.4. The van der Waals surface area contributed by atoms with E-state index >= 15 is 0 Å². The second kappa shape index (κ2) is 6.57. The summed E-state index contributed by atoms with van der Waals surface area (Å²) in [5.74, 6) is 0.624. The summed E-state index contributed by atoms with van der Waals surface area (Å²) in [4.78, 5) is 23.5. The molecule has 2 aromatic rings. The summed E-state index contributed by atoms with van der Waals surface area (Å²) >= 11 is 1.39. The van der Waals surface area contributed by atoms with Gasteiger partial charge < -0.3 is 10.2 Å². The summed E-state index contributed by atoms with van der Waals surface area (Å²) in [6.07, 6.45) is 1.81. The molecule has 122 valence electrons. The lowest BCUT2D eigenvalue weighted by Gasteiger charge is -2.32. The fourth-order valence-corrected chi connectivity index (χ4v) is 3.37. The van der Waals surface area contributed by atoms with Crippen molar-refractivity contribution in [2.24, 2.45) is 5.92 Å². The van der Waals surface area contributed by atoms with Crippen molar-refractivity contribution < 1.29 is 4.79 Å². The molecular weight excluding hydrogens is 312 g/mol. The molecule has 1 fully saturated rings. The highest BCUT2D eigenvalue weighted by Crippen LogP contribution is 2.23. The Morgan fingerprint density at radius 2 is 2.00 bits per heavy atom. The Morgan fingerprint density at radius 1 is 1.26 bits per heavy atom. The van der Waals surface area contributed by atoms with Crippen LogP contribution in [0.3, 0.4) is 0 Å². The zero-order chi connectivity index (χ0) is 16.4. The fraction of sp³-hybridized carbons (Fsp3) is 0.533. The molecule has 7 nitrogen and oxygen atoms in total. The number of hydrogen-bond acceptors (Lipinski definition) is 7. The van der Waals surface area contributed by atoms with Crippen LogP contribution in [-0.2, 0) is 4.79 Å². The molecule has 0 bridgehead atoms. The predicted molar refractivity (Wildman–Crippen MR) is 89.7 cm³/mol. The number of carbonyl (C=O) groups excluding carboxylic acids is 1. The van der Waals surface area contributed by atoms with E-state index in [9.17, 15) is 4.79 Å². The van der Waals surface area contributed by atoms with E-state index in [1.54, 1.807) is 0 Å². The molecule has 3 rings (SSSR count). The van der Waals surface area contributed by atoms with E-state index in [0.717, 1.165) is 35.8 Å². The molecule has 0 aliphatic carbocycles. The Hall–Kier alpha value is -2.09. The van der Waals surface area contributed by atoms with Crippen molar-refractivity contribution >= 4 is 28.3 Å².